The number of alkyl halides is 3. The fraction of sp³-hybridized carbons (Fsp3) is 0.906. The number of alkyl carbamates (subject to hydrolysis) is 1. The van der Waals surface area contributed by atoms with E-state index in [0.29, 0.717) is 6.42 Å². The second kappa shape index (κ2) is 17.2. The van der Waals surface area contributed by atoms with Crippen LogP contribution in [0.4, 0.5) is 18.0 Å². The van der Waals surface area contributed by atoms with Crippen molar-refractivity contribution in [2.24, 2.45) is 0 Å². The highest BCUT2D eigenvalue weighted by Crippen LogP contribution is 2.54. The number of rotatable bonds is 16. The maximum atomic E-state index is 13.6. The van der Waals surface area contributed by atoms with Crippen LogP contribution < -0.4 is 5.32 Å². The van der Waals surface area contributed by atoms with E-state index in [0.717, 1.165) is 25.7 Å². The van der Waals surface area contributed by atoms with Gasteiger partial charge in [0.05, 0.1) is 12.6 Å². The van der Waals surface area contributed by atoms with Crippen molar-refractivity contribution in [2.45, 2.75) is 180 Å². The van der Waals surface area contributed by atoms with Gasteiger partial charge in [-0.25, -0.2) is 4.79 Å². The number of unbranched alkanes of at least 4 members (excludes halogenated alkanes) is 11. The molecule has 0 radical (unpaired) electrons. The quantitative estimate of drug-likeness (QED) is 0.0567. The van der Waals surface area contributed by atoms with Crippen molar-refractivity contribution < 1.29 is 44.2 Å². The largest absolute Gasteiger partial charge is 0.534 e. The number of carbonyl (C=O) groups is 1. The van der Waals surface area contributed by atoms with Crippen LogP contribution in [0.3, 0.4) is 0 Å². The van der Waals surface area contributed by atoms with E-state index < -0.39 is 63.9 Å². The first-order valence-corrected chi connectivity index (χ1v) is 19.7. The second-order valence-electron chi connectivity index (χ2n) is 15.1. The molecule has 0 aromatic carbocycles. The van der Waals surface area contributed by atoms with Crippen LogP contribution in [0.15, 0.2) is 11.8 Å². The van der Waals surface area contributed by atoms with Gasteiger partial charge in [-0.1, -0.05) is 113 Å². The maximum Gasteiger partial charge on any atom is 0.534 e. The number of carbonyl (C=O) groups excluding carboxylic acids is 1. The summed E-state index contributed by atoms with van der Waals surface area (Å²) in [5.41, 5.74) is -6.50. The average Bonchev–Trinajstić information content (AvgIpc) is 2.85. The van der Waals surface area contributed by atoms with Crippen LogP contribution in [0, 0.1) is 0 Å². The molecule has 1 aliphatic rings. The minimum absolute atomic E-state index is 0.129. The van der Waals surface area contributed by atoms with E-state index in [2.05, 4.69) is 12.2 Å². The molecule has 8 nitrogen and oxygen atoms in total. The Morgan fingerprint density at radius 2 is 1.31 bits per heavy atom. The van der Waals surface area contributed by atoms with Gasteiger partial charge in [0.1, 0.15) is 17.5 Å². The van der Waals surface area contributed by atoms with Crippen molar-refractivity contribution in [2.75, 3.05) is 6.61 Å². The van der Waals surface area contributed by atoms with Crippen LogP contribution in [-0.4, -0.2) is 52.9 Å². The SMILES string of the molecule is CCCCCCCCCCCCC/C=C(\OS(=O)(=O)C(F)(F)F)[C@H]1O[Si](C(C)(C)C)(C(C)(C)C)OC[C@@H]1NC(=O)OC(C)(C)C. The Morgan fingerprint density at radius 3 is 1.73 bits per heavy atom. The number of nitrogens with one attached hydrogen (secondary N) is 1. The van der Waals surface area contributed by atoms with Gasteiger partial charge in [0, 0.05) is 10.1 Å². The molecule has 0 saturated carbocycles. The number of ether oxygens (including phenoxy) is 1. The summed E-state index contributed by atoms with van der Waals surface area (Å²) in [6.07, 6.45) is 11.5. The van der Waals surface area contributed by atoms with E-state index in [-0.39, 0.29) is 13.0 Å². The Kier molecular flexibility index (Phi) is 15.9. The third-order valence-corrected chi connectivity index (χ3v) is 13.8. The highest BCUT2D eigenvalue weighted by molar-refractivity contribution is 7.87. The molecule has 1 N–H and O–H groups in total. The minimum Gasteiger partial charge on any atom is -0.444 e. The Labute approximate surface area is 271 Å². The van der Waals surface area contributed by atoms with Gasteiger partial charge < -0.3 is 23.1 Å². The van der Waals surface area contributed by atoms with Crippen LogP contribution >= 0.6 is 0 Å². The lowest BCUT2D eigenvalue weighted by Crippen LogP contribution is -2.67. The highest BCUT2D eigenvalue weighted by Gasteiger charge is 2.63. The molecule has 0 aromatic heterocycles. The van der Waals surface area contributed by atoms with Crippen LogP contribution in [0.25, 0.3) is 0 Å². The van der Waals surface area contributed by atoms with Crippen LogP contribution in [-0.2, 0) is 27.9 Å². The zero-order valence-corrected chi connectivity index (χ0v) is 31.1. The second-order valence-corrected chi connectivity index (χ2v) is 21.4. The third-order valence-electron chi connectivity index (χ3n) is 7.72. The number of halogens is 3. The first-order valence-electron chi connectivity index (χ1n) is 16.5. The van der Waals surface area contributed by atoms with E-state index in [1.54, 1.807) is 20.8 Å². The summed E-state index contributed by atoms with van der Waals surface area (Å²) in [4.78, 5) is 12.8. The lowest BCUT2D eigenvalue weighted by molar-refractivity contribution is -0.0557. The Bertz CT molecular complexity index is 1030. The van der Waals surface area contributed by atoms with Gasteiger partial charge in [-0.3, -0.25) is 0 Å². The van der Waals surface area contributed by atoms with E-state index in [1.165, 1.54) is 44.6 Å². The Hall–Kier alpha value is -1.31. The molecular formula is C32H60F3NO7SSi. The van der Waals surface area contributed by atoms with Gasteiger partial charge in [0.15, 0.2) is 0 Å². The standard InChI is InChI=1S/C32H60F3NO7SSi/c1-11-12-13-14-15-16-17-18-19-20-21-22-23-26(42-44(38,39)32(33,34)35)27-25(36-28(37)41-29(2,3)4)24-40-45(43-27,30(5,6)7)31(8,9)10/h23,25,27H,11-22,24H2,1-10H3,(H,36,37)/b26-23-/t25-,27-/m0/s1. The van der Waals surface area contributed by atoms with Gasteiger partial charge in [0.25, 0.3) is 0 Å². The molecule has 0 aliphatic carbocycles. The van der Waals surface area contributed by atoms with Crippen molar-refractivity contribution in [1.29, 1.82) is 0 Å². The van der Waals surface area contributed by atoms with Gasteiger partial charge in [-0.2, -0.15) is 21.6 Å². The molecule has 1 rings (SSSR count). The summed E-state index contributed by atoms with van der Waals surface area (Å²) in [5.74, 6) is -0.505. The Balaban J connectivity index is 3.28. The molecule has 0 aromatic rings. The van der Waals surface area contributed by atoms with Gasteiger partial charge in [0.2, 0.25) is 0 Å². The molecule has 1 amide bonds. The molecule has 1 fully saturated rings. The minimum atomic E-state index is -6.02. The van der Waals surface area contributed by atoms with Gasteiger partial charge in [-0.15, -0.1) is 0 Å². The fourth-order valence-electron chi connectivity index (χ4n) is 5.76. The van der Waals surface area contributed by atoms with Crippen LogP contribution in [0.5, 0.6) is 0 Å². The molecular weight excluding hydrogens is 627 g/mol. The summed E-state index contributed by atoms with van der Waals surface area (Å²) in [6, 6.07) is -1.07. The highest BCUT2D eigenvalue weighted by atomic mass is 32.2. The van der Waals surface area contributed by atoms with Crippen molar-refractivity contribution in [3.05, 3.63) is 11.8 Å². The summed E-state index contributed by atoms with van der Waals surface area (Å²) < 4.78 is 88.6. The molecule has 0 bridgehead atoms. The summed E-state index contributed by atoms with van der Waals surface area (Å²) >= 11 is 0. The van der Waals surface area contributed by atoms with Crippen molar-refractivity contribution >= 4 is 24.8 Å². The third kappa shape index (κ3) is 13.4. The predicted molar refractivity (Wildman–Crippen MR) is 174 cm³/mol. The van der Waals surface area contributed by atoms with Crippen LogP contribution in [0.1, 0.15) is 146 Å². The number of hydrogen-bond acceptors (Lipinski definition) is 7. The molecule has 1 aliphatic heterocycles. The van der Waals surface area contributed by atoms with Crippen molar-refractivity contribution in [3.8, 4) is 0 Å². The van der Waals surface area contributed by atoms with Crippen molar-refractivity contribution in [3.63, 3.8) is 0 Å². The fourth-order valence-corrected chi connectivity index (χ4v) is 11.2. The topological polar surface area (TPSA) is 100 Å². The summed E-state index contributed by atoms with van der Waals surface area (Å²) in [6.45, 7) is 18.6. The molecule has 0 unspecified atom stereocenters. The number of allylic oxidation sites excluding steroid dienone is 1. The summed E-state index contributed by atoms with van der Waals surface area (Å²) in [5, 5.41) is 1.47. The maximum absolute atomic E-state index is 13.6. The van der Waals surface area contributed by atoms with Gasteiger partial charge >= 0.3 is 30.3 Å². The predicted octanol–water partition coefficient (Wildman–Crippen LogP) is 9.79. The monoisotopic (exact) mass is 687 g/mol. The van der Waals surface area contributed by atoms with E-state index in [1.807, 2.05) is 41.5 Å². The molecule has 2 atom stereocenters. The molecule has 1 heterocycles. The number of hydrogen-bond donors (Lipinski definition) is 1. The lowest BCUT2D eigenvalue weighted by atomic mass is 10.0. The Morgan fingerprint density at radius 1 is 0.844 bits per heavy atom. The molecule has 266 valence electrons. The van der Waals surface area contributed by atoms with E-state index in [9.17, 15) is 26.4 Å². The van der Waals surface area contributed by atoms with E-state index in [4.69, 9.17) is 17.8 Å². The van der Waals surface area contributed by atoms with Crippen LogP contribution in [0.2, 0.25) is 10.1 Å². The smallest absolute Gasteiger partial charge is 0.444 e. The zero-order chi connectivity index (χ0) is 34.7. The van der Waals surface area contributed by atoms with Gasteiger partial charge in [-0.05, 0) is 39.7 Å². The zero-order valence-electron chi connectivity index (χ0n) is 29.3. The average molecular weight is 688 g/mol. The molecule has 1 saturated heterocycles. The normalized spacial score (nSPS) is 20.2. The molecule has 0 spiro atoms. The molecule has 13 heteroatoms. The number of amides is 1. The van der Waals surface area contributed by atoms with E-state index >= 15 is 0 Å². The first-order chi connectivity index (χ1) is 20.5. The van der Waals surface area contributed by atoms with Crippen molar-refractivity contribution in [1.82, 2.24) is 5.32 Å². The summed E-state index contributed by atoms with van der Waals surface area (Å²) in [7, 11) is -9.36. The first kappa shape index (κ1) is 41.7. The molecule has 45 heavy (non-hydrogen) atoms. The lowest BCUT2D eigenvalue weighted by Gasteiger charge is -2.54.